The quantitative estimate of drug-likeness (QED) is 0.439. The van der Waals surface area contributed by atoms with E-state index in [1.54, 1.807) is 12.4 Å². The van der Waals surface area contributed by atoms with E-state index in [4.69, 9.17) is 0 Å². The SMILES string of the molecule is CN=C(NCCCN1CCN(c2ncccn2)CC1)NC(C)C(C)C. The molecule has 1 aliphatic heterocycles. The second kappa shape index (κ2) is 10.2. The largest absolute Gasteiger partial charge is 0.356 e. The summed E-state index contributed by atoms with van der Waals surface area (Å²) in [7, 11) is 1.83. The van der Waals surface area contributed by atoms with Crippen LogP contribution >= 0.6 is 0 Å². The number of nitrogens with zero attached hydrogens (tertiary/aromatic N) is 5. The number of aromatic nitrogens is 2. The molecular formula is C18H33N7. The van der Waals surface area contributed by atoms with Crippen LogP contribution in [0.4, 0.5) is 5.95 Å². The van der Waals surface area contributed by atoms with E-state index in [1.165, 1.54) is 0 Å². The molecule has 0 radical (unpaired) electrons. The van der Waals surface area contributed by atoms with Crippen LogP contribution in [0.1, 0.15) is 27.2 Å². The van der Waals surface area contributed by atoms with Gasteiger partial charge in [-0.1, -0.05) is 13.8 Å². The van der Waals surface area contributed by atoms with E-state index in [9.17, 15) is 0 Å². The van der Waals surface area contributed by atoms with Crippen molar-refractivity contribution in [3.8, 4) is 0 Å². The summed E-state index contributed by atoms with van der Waals surface area (Å²) in [5.74, 6) is 2.33. The van der Waals surface area contributed by atoms with Crippen LogP contribution in [-0.4, -0.2) is 73.2 Å². The first-order valence-corrected chi connectivity index (χ1v) is 9.31. The van der Waals surface area contributed by atoms with E-state index in [0.717, 1.165) is 57.6 Å². The van der Waals surface area contributed by atoms with E-state index < -0.39 is 0 Å². The van der Waals surface area contributed by atoms with Gasteiger partial charge in [0.2, 0.25) is 5.95 Å². The molecule has 1 aromatic heterocycles. The van der Waals surface area contributed by atoms with Crippen molar-refractivity contribution in [1.29, 1.82) is 0 Å². The average Bonchev–Trinajstić information content (AvgIpc) is 2.65. The molecule has 1 unspecified atom stereocenters. The summed E-state index contributed by atoms with van der Waals surface area (Å²) >= 11 is 0. The van der Waals surface area contributed by atoms with Crippen LogP contribution in [0.5, 0.6) is 0 Å². The minimum Gasteiger partial charge on any atom is -0.356 e. The summed E-state index contributed by atoms with van der Waals surface area (Å²) < 4.78 is 0. The number of anilines is 1. The minimum atomic E-state index is 0.416. The molecule has 140 valence electrons. The second-order valence-corrected chi connectivity index (χ2v) is 6.91. The van der Waals surface area contributed by atoms with Gasteiger partial charge in [0.15, 0.2) is 5.96 Å². The fourth-order valence-electron chi connectivity index (χ4n) is 2.71. The highest BCUT2D eigenvalue weighted by molar-refractivity contribution is 5.79. The molecule has 25 heavy (non-hydrogen) atoms. The topological polar surface area (TPSA) is 68.7 Å². The molecule has 7 heteroatoms. The van der Waals surface area contributed by atoms with E-state index >= 15 is 0 Å². The highest BCUT2D eigenvalue weighted by Crippen LogP contribution is 2.09. The van der Waals surface area contributed by atoms with Gasteiger partial charge < -0.3 is 15.5 Å². The normalized spacial score (nSPS) is 17.6. The number of aliphatic imine (C=N–C) groups is 1. The van der Waals surface area contributed by atoms with Crippen LogP contribution in [0.3, 0.4) is 0 Å². The van der Waals surface area contributed by atoms with Crippen LogP contribution in [0.2, 0.25) is 0 Å². The van der Waals surface area contributed by atoms with Gasteiger partial charge in [0, 0.05) is 58.2 Å². The Hall–Kier alpha value is -1.89. The molecule has 0 aliphatic carbocycles. The third-order valence-corrected chi connectivity index (χ3v) is 4.74. The lowest BCUT2D eigenvalue weighted by molar-refractivity contribution is 0.254. The monoisotopic (exact) mass is 347 g/mol. The predicted molar refractivity (Wildman–Crippen MR) is 104 cm³/mol. The molecule has 1 atom stereocenters. The third kappa shape index (κ3) is 6.49. The van der Waals surface area contributed by atoms with Crippen LogP contribution in [0, 0.1) is 5.92 Å². The van der Waals surface area contributed by atoms with Gasteiger partial charge in [0.25, 0.3) is 0 Å². The molecule has 1 saturated heterocycles. The summed E-state index contributed by atoms with van der Waals surface area (Å²) in [5.41, 5.74) is 0. The first-order chi connectivity index (χ1) is 12.1. The molecule has 7 nitrogen and oxygen atoms in total. The number of rotatable bonds is 7. The van der Waals surface area contributed by atoms with Gasteiger partial charge in [-0.2, -0.15) is 0 Å². The standard InChI is InChI=1S/C18H33N7/c1-15(2)16(3)23-17(19-4)20-9-6-10-24-11-13-25(14-12-24)18-21-7-5-8-22-18/h5,7-8,15-16H,6,9-14H2,1-4H3,(H2,19,20,23). The van der Waals surface area contributed by atoms with Gasteiger partial charge in [0.05, 0.1) is 0 Å². The Labute approximate surface area is 151 Å². The summed E-state index contributed by atoms with van der Waals surface area (Å²) in [6.45, 7) is 12.8. The Bertz CT molecular complexity index is 509. The lowest BCUT2D eigenvalue weighted by atomic mass is 10.1. The van der Waals surface area contributed by atoms with Crippen molar-refractivity contribution in [2.75, 3.05) is 51.2 Å². The number of nitrogens with one attached hydrogen (secondary N) is 2. The zero-order valence-corrected chi connectivity index (χ0v) is 16.1. The molecule has 0 bridgehead atoms. The zero-order valence-electron chi connectivity index (χ0n) is 16.1. The van der Waals surface area contributed by atoms with Crippen LogP contribution in [0.25, 0.3) is 0 Å². The molecule has 0 spiro atoms. The Morgan fingerprint density at radius 1 is 1.16 bits per heavy atom. The third-order valence-electron chi connectivity index (χ3n) is 4.74. The van der Waals surface area contributed by atoms with Gasteiger partial charge in [-0.15, -0.1) is 0 Å². The number of hydrogen-bond donors (Lipinski definition) is 2. The van der Waals surface area contributed by atoms with E-state index in [-0.39, 0.29) is 0 Å². The first-order valence-electron chi connectivity index (χ1n) is 9.31. The van der Waals surface area contributed by atoms with Crippen molar-refractivity contribution in [3.63, 3.8) is 0 Å². The molecular weight excluding hydrogens is 314 g/mol. The molecule has 1 aliphatic rings. The Morgan fingerprint density at radius 2 is 1.84 bits per heavy atom. The van der Waals surface area contributed by atoms with Crippen molar-refractivity contribution >= 4 is 11.9 Å². The fourth-order valence-corrected chi connectivity index (χ4v) is 2.71. The van der Waals surface area contributed by atoms with Crippen molar-refractivity contribution in [1.82, 2.24) is 25.5 Å². The maximum absolute atomic E-state index is 4.33. The van der Waals surface area contributed by atoms with E-state index in [2.05, 4.69) is 56.2 Å². The molecule has 0 saturated carbocycles. The number of guanidine groups is 1. The van der Waals surface area contributed by atoms with Gasteiger partial charge in [-0.3, -0.25) is 9.89 Å². The molecule has 2 rings (SSSR count). The van der Waals surface area contributed by atoms with Gasteiger partial charge >= 0.3 is 0 Å². The molecule has 0 amide bonds. The van der Waals surface area contributed by atoms with Crippen molar-refractivity contribution in [3.05, 3.63) is 18.5 Å². The molecule has 1 aromatic rings. The molecule has 1 fully saturated rings. The summed E-state index contributed by atoms with van der Waals surface area (Å²) in [5, 5.41) is 6.84. The lowest BCUT2D eigenvalue weighted by Gasteiger charge is -2.34. The molecule has 2 N–H and O–H groups in total. The number of piperazine rings is 1. The summed E-state index contributed by atoms with van der Waals surface area (Å²) in [6, 6.07) is 2.27. The Balaban J connectivity index is 1.61. The Kier molecular flexibility index (Phi) is 7.91. The van der Waals surface area contributed by atoms with Crippen LogP contribution in [-0.2, 0) is 0 Å². The van der Waals surface area contributed by atoms with Crippen LogP contribution in [0.15, 0.2) is 23.5 Å². The average molecular weight is 348 g/mol. The van der Waals surface area contributed by atoms with Gasteiger partial charge in [0.1, 0.15) is 0 Å². The minimum absolute atomic E-state index is 0.416. The molecule has 0 aromatic carbocycles. The lowest BCUT2D eigenvalue weighted by Crippen LogP contribution is -2.48. The second-order valence-electron chi connectivity index (χ2n) is 6.91. The van der Waals surface area contributed by atoms with E-state index in [1.807, 2.05) is 13.1 Å². The van der Waals surface area contributed by atoms with Crippen molar-refractivity contribution in [2.24, 2.45) is 10.9 Å². The van der Waals surface area contributed by atoms with Crippen molar-refractivity contribution in [2.45, 2.75) is 33.2 Å². The maximum Gasteiger partial charge on any atom is 0.225 e. The smallest absolute Gasteiger partial charge is 0.225 e. The predicted octanol–water partition coefficient (Wildman–Crippen LogP) is 1.20. The Morgan fingerprint density at radius 3 is 2.44 bits per heavy atom. The zero-order chi connectivity index (χ0) is 18.1. The fraction of sp³-hybridized carbons (Fsp3) is 0.722. The van der Waals surface area contributed by atoms with Crippen molar-refractivity contribution < 1.29 is 0 Å². The summed E-state index contributed by atoms with van der Waals surface area (Å²) in [4.78, 5) is 17.7. The van der Waals surface area contributed by atoms with Gasteiger partial charge in [-0.25, -0.2) is 9.97 Å². The van der Waals surface area contributed by atoms with Gasteiger partial charge in [-0.05, 0) is 31.9 Å². The van der Waals surface area contributed by atoms with E-state index in [0.29, 0.717) is 12.0 Å². The highest BCUT2D eigenvalue weighted by Gasteiger charge is 2.18. The maximum atomic E-state index is 4.33. The summed E-state index contributed by atoms with van der Waals surface area (Å²) in [6.07, 6.45) is 4.72. The van der Waals surface area contributed by atoms with Crippen LogP contribution < -0.4 is 15.5 Å². The molecule has 2 heterocycles. The highest BCUT2D eigenvalue weighted by atomic mass is 15.3. The number of hydrogen-bond acceptors (Lipinski definition) is 5. The first kappa shape index (κ1) is 19.4.